The number of hydrogen-bond donors (Lipinski definition) is 3. The summed E-state index contributed by atoms with van der Waals surface area (Å²) in [6.07, 6.45) is 3.31. The van der Waals surface area contributed by atoms with Gasteiger partial charge in [-0.25, -0.2) is 19.3 Å². The van der Waals surface area contributed by atoms with Gasteiger partial charge in [-0.15, -0.1) is 0 Å². The maximum absolute atomic E-state index is 11.2. The monoisotopic (exact) mass is 236 g/mol. The number of fused-ring (bicyclic) bond motifs is 1. The van der Waals surface area contributed by atoms with Crippen molar-refractivity contribution in [3.05, 3.63) is 22.9 Å². The zero-order chi connectivity index (χ0) is 12.3. The molecule has 0 radical (unpaired) electrons. The van der Waals surface area contributed by atoms with Gasteiger partial charge in [0.15, 0.2) is 5.65 Å². The highest BCUT2D eigenvalue weighted by Crippen LogP contribution is 2.09. The minimum atomic E-state index is -0.284. The van der Waals surface area contributed by atoms with Crippen LogP contribution in [-0.2, 0) is 0 Å². The summed E-state index contributed by atoms with van der Waals surface area (Å²) in [6.45, 7) is 2.72. The minimum absolute atomic E-state index is 0.284. The van der Waals surface area contributed by atoms with E-state index in [4.69, 9.17) is 5.73 Å². The molecule has 0 saturated heterocycles. The predicted octanol–water partition coefficient (Wildman–Crippen LogP) is -0.0431. The Morgan fingerprint density at radius 1 is 1.65 bits per heavy atom. The second-order valence-corrected chi connectivity index (χ2v) is 3.86. The van der Waals surface area contributed by atoms with Crippen LogP contribution < -0.4 is 16.7 Å². The summed E-state index contributed by atoms with van der Waals surface area (Å²) in [5.74, 6) is 0.705. The predicted molar refractivity (Wildman–Crippen MR) is 65.0 cm³/mol. The van der Waals surface area contributed by atoms with Crippen LogP contribution in [0.5, 0.6) is 0 Å². The van der Waals surface area contributed by atoms with Gasteiger partial charge in [-0.3, -0.25) is 0 Å². The Hall–Kier alpha value is -1.89. The van der Waals surface area contributed by atoms with Crippen LogP contribution in [0.15, 0.2) is 17.2 Å². The maximum Gasteiger partial charge on any atom is 0.348 e. The van der Waals surface area contributed by atoms with Gasteiger partial charge in [-0.05, 0) is 19.4 Å². The smallest absolute Gasteiger partial charge is 0.348 e. The van der Waals surface area contributed by atoms with Crippen molar-refractivity contribution in [1.82, 2.24) is 19.6 Å². The number of aromatic amines is 1. The van der Waals surface area contributed by atoms with Crippen LogP contribution in [0.2, 0.25) is 0 Å². The number of rotatable bonds is 5. The molecular formula is C10H16N6O. The van der Waals surface area contributed by atoms with Crippen molar-refractivity contribution in [2.24, 2.45) is 5.73 Å². The molecule has 7 heteroatoms. The highest BCUT2D eigenvalue weighted by molar-refractivity contribution is 5.48. The van der Waals surface area contributed by atoms with Gasteiger partial charge in [0.2, 0.25) is 0 Å². The Morgan fingerprint density at radius 2 is 2.47 bits per heavy atom. The first-order valence-corrected chi connectivity index (χ1v) is 5.64. The highest BCUT2D eigenvalue weighted by atomic mass is 16.1. The summed E-state index contributed by atoms with van der Waals surface area (Å²) in [5.41, 5.74) is 5.80. The van der Waals surface area contributed by atoms with Crippen LogP contribution in [0.25, 0.3) is 5.65 Å². The van der Waals surface area contributed by atoms with E-state index in [1.54, 1.807) is 6.07 Å². The molecule has 17 heavy (non-hydrogen) atoms. The first kappa shape index (κ1) is 11.6. The summed E-state index contributed by atoms with van der Waals surface area (Å²) in [5, 5.41) is 9.52. The van der Waals surface area contributed by atoms with Crippen molar-refractivity contribution in [2.75, 3.05) is 11.9 Å². The zero-order valence-electron chi connectivity index (χ0n) is 9.68. The fraction of sp³-hybridized carbons (Fsp3) is 0.500. The van der Waals surface area contributed by atoms with Gasteiger partial charge < -0.3 is 11.1 Å². The molecule has 7 nitrogen and oxygen atoms in total. The lowest BCUT2D eigenvalue weighted by atomic mass is 10.1. The largest absolute Gasteiger partial charge is 0.367 e. The van der Waals surface area contributed by atoms with Gasteiger partial charge in [0, 0.05) is 12.1 Å². The molecule has 0 aliphatic heterocycles. The second kappa shape index (κ2) is 4.96. The van der Waals surface area contributed by atoms with Crippen LogP contribution in [0.3, 0.4) is 0 Å². The van der Waals surface area contributed by atoms with E-state index >= 15 is 0 Å². The standard InChI is InChI=1S/C10H16N6O/c1-2-7(3-4-11)13-8-5-9-14-15-10(17)16(9)6-12-8/h5-7,13H,2-4,11H2,1H3,(H,15,17). The van der Waals surface area contributed by atoms with Crippen molar-refractivity contribution in [3.8, 4) is 0 Å². The number of anilines is 1. The number of hydrogen-bond acceptors (Lipinski definition) is 5. The quantitative estimate of drug-likeness (QED) is 0.676. The lowest BCUT2D eigenvalue weighted by Crippen LogP contribution is -2.23. The number of aromatic nitrogens is 4. The van der Waals surface area contributed by atoms with Crippen LogP contribution in [0.1, 0.15) is 19.8 Å². The molecule has 0 bridgehead atoms. The summed E-state index contributed by atoms with van der Waals surface area (Å²) in [4.78, 5) is 15.4. The number of nitrogens with zero attached hydrogens (tertiary/aromatic N) is 3. The zero-order valence-corrected chi connectivity index (χ0v) is 9.68. The van der Waals surface area contributed by atoms with Gasteiger partial charge in [-0.2, -0.15) is 5.10 Å². The molecule has 2 aromatic rings. The summed E-state index contributed by atoms with van der Waals surface area (Å²) >= 11 is 0. The molecule has 1 atom stereocenters. The third-order valence-electron chi connectivity index (χ3n) is 2.67. The summed E-state index contributed by atoms with van der Waals surface area (Å²) in [7, 11) is 0. The van der Waals surface area contributed by atoms with Crippen LogP contribution >= 0.6 is 0 Å². The van der Waals surface area contributed by atoms with E-state index in [0.717, 1.165) is 12.8 Å². The molecule has 4 N–H and O–H groups in total. The molecule has 2 aromatic heterocycles. The lowest BCUT2D eigenvalue weighted by molar-refractivity contribution is 0.639. The van der Waals surface area contributed by atoms with Crippen molar-refractivity contribution >= 4 is 11.5 Å². The van der Waals surface area contributed by atoms with Gasteiger partial charge in [0.05, 0.1) is 0 Å². The number of nitrogens with two attached hydrogens (primary N) is 1. The maximum atomic E-state index is 11.2. The Bertz CT molecular complexity index is 545. The van der Waals surface area contributed by atoms with Gasteiger partial charge in [0.25, 0.3) is 0 Å². The molecule has 0 amide bonds. The number of nitrogens with one attached hydrogen (secondary N) is 2. The van der Waals surface area contributed by atoms with Gasteiger partial charge >= 0.3 is 5.69 Å². The molecule has 1 unspecified atom stereocenters. The topological polar surface area (TPSA) is 101 Å². The van der Waals surface area contributed by atoms with Crippen LogP contribution in [0.4, 0.5) is 5.82 Å². The summed E-state index contributed by atoms with van der Waals surface area (Å²) in [6, 6.07) is 2.03. The first-order chi connectivity index (χ1) is 8.24. The second-order valence-electron chi connectivity index (χ2n) is 3.86. The molecule has 0 aliphatic rings. The van der Waals surface area contributed by atoms with Gasteiger partial charge in [0.1, 0.15) is 12.1 Å². The minimum Gasteiger partial charge on any atom is -0.367 e. The molecular weight excluding hydrogens is 220 g/mol. The van der Waals surface area contributed by atoms with E-state index in [9.17, 15) is 4.79 Å². The van der Waals surface area contributed by atoms with Crippen LogP contribution in [-0.4, -0.2) is 32.2 Å². The van der Waals surface area contributed by atoms with E-state index < -0.39 is 0 Å². The Kier molecular flexibility index (Phi) is 3.38. The van der Waals surface area contributed by atoms with Gasteiger partial charge in [-0.1, -0.05) is 6.92 Å². The van der Waals surface area contributed by atoms with E-state index in [2.05, 4.69) is 27.4 Å². The fourth-order valence-electron chi connectivity index (χ4n) is 1.68. The third-order valence-corrected chi connectivity index (χ3v) is 2.67. The molecule has 0 saturated carbocycles. The van der Waals surface area contributed by atoms with Crippen molar-refractivity contribution < 1.29 is 0 Å². The van der Waals surface area contributed by atoms with E-state index in [1.165, 1.54) is 10.7 Å². The molecule has 2 rings (SSSR count). The summed E-state index contributed by atoms with van der Waals surface area (Å²) < 4.78 is 1.36. The Labute approximate surface area is 98.1 Å². The van der Waals surface area contributed by atoms with E-state index in [1.807, 2.05) is 0 Å². The molecule has 2 heterocycles. The van der Waals surface area contributed by atoms with E-state index in [0.29, 0.717) is 24.1 Å². The Balaban J connectivity index is 2.21. The van der Waals surface area contributed by atoms with E-state index in [-0.39, 0.29) is 5.69 Å². The molecule has 0 aliphatic carbocycles. The van der Waals surface area contributed by atoms with Crippen molar-refractivity contribution in [1.29, 1.82) is 0 Å². The molecule has 92 valence electrons. The normalized spacial score (nSPS) is 12.8. The third kappa shape index (κ3) is 2.44. The average Bonchev–Trinajstić information content (AvgIpc) is 2.70. The molecule has 0 aromatic carbocycles. The van der Waals surface area contributed by atoms with Crippen molar-refractivity contribution in [2.45, 2.75) is 25.8 Å². The average molecular weight is 236 g/mol. The molecule has 0 spiro atoms. The Morgan fingerprint density at radius 3 is 3.18 bits per heavy atom. The SMILES string of the molecule is CCC(CCN)Nc1cc2n[nH]c(=O)n2cn1. The van der Waals surface area contributed by atoms with Crippen LogP contribution in [0, 0.1) is 0 Å². The molecule has 0 fully saturated rings. The number of H-pyrrole nitrogens is 1. The fourth-order valence-corrected chi connectivity index (χ4v) is 1.68. The highest BCUT2D eigenvalue weighted by Gasteiger charge is 2.07. The first-order valence-electron chi connectivity index (χ1n) is 5.64. The van der Waals surface area contributed by atoms with Crippen molar-refractivity contribution in [3.63, 3.8) is 0 Å². The lowest BCUT2D eigenvalue weighted by Gasteiger charge is -2.16.